The molecule has 4 rings (SSSR count). The lowest BCUT2D eigenvalue weighted by molar-refractivity contribution is -0.121. The van der Waals surface area contributed by atoms with Gasteiger partial charge < -0.3 is 19.1 Å². The van der Waals surface area contributed by atoms with E-state index in [0.717, 1.165) is 11.1 Å². The number of rotatable bonds is 5. The van der Waals surface area contributed by atoms with E-state index in [4.69, 9.17) is 14.2 Å². The summed E-state index contributed by atoms with van der Waals surface area (Å²) in [4.78, 5) is 30.3. The van der Waals surface area contributed by atoms with Crippen LogP contribution in [0.25, 0.3) is 5.57 Å². The van der Waals surface area contributed by atoms with Crippen molar-refractivity contribution in [3.8, 4) is 11.5 Å². The summed E-state index contributed by atoms with van der Waals surface area (Å²) >= 11 is 0. The van der Waals surface area contributed by atoms with E-state index in [-0.39, 0.29) is 11.8 Å². The normalized spacial score (nSPS) is 17.0. The van der Waals surface area contributed by atoms with Crippen LogP contribution >= 0.6 is 0 Å². The Hall–Kier alpha value is -3.32. The summed E-state index contributed by atoms with van der Waals surface area (Å²) in [5, 5.41) is 0. The largest absolute Gasteiger partial charge is 0.497 e. The maximum absolute atomic E-state index is 13.6. The maximum atomic E-state index is 13.6. The van der Waals surface area contributed by atoms with Crippen molar-refractivity contribution in [2.45, 2.75) is 6.92 Å². The van der Waals surface area contributed by atoms with Crippen LogP contribution in [0.15, 0.2) is 48.2 Å². The lowest BCUT2D eigenvalue weighted by atomic mass is 10.0. The number of nitrogens with zero attached hydrogens (tertiary/aromatic N) is 2. The van der Waals surface area contributed by atoms with Gasteiger partial charge in [0.15, 0.2) is 0 Å². The van der Waals surface area contributed by atoms with Gasteiger partial charge in [-0.2, -0.15) is 0 Å². The summed E-state index contributed by atoms with van der Waals surface area (Å²) in [5.74, 6) is 0.289. The maximum Gasteiger partial charge on any atom is 0.282 e. The van der Waals surface area contributed by atoms with E-state index in [1.165, 1.54) is 19.1 Å². The minimum atomic E-state index is -0.361. The highest BCUT2D eigenvalue weighted by atomic mass is 16.5. The third kappa shape index (κ3) is 3.52. The number of imide groups is 1. The molecule has 0 aliphatic carbocycles. The lowest BCUT2D eigenvalue weighted by Gasteiger charge is -2.29. The Labute approximate surface area is 175 Å². The molecule has 7 nitrogen and oxygen atoms in total. The fourth-order valence-electron chi connectivity index (χ4n) is 3.73. The van der Waals surface area contributed by atoms with Crippen LogP contribution in [0.4, 0.5) is 5.69 Å². The highest BCUT2D eigenvalue weighted by Gasteiger charge is 2.43. The smallest absolute Gasteiger partial charge is 0.282 e. The van der Waals surface area contributed by atoms with Gasteiger partial charge in [-0.3, -0.25) is 9.59 Å². The monoisotopic (exact) mass is 408 g/mol. The SMILES string of the molecule is COc1cc(OC)cc(N2C(=O)C(c3ccc(C)cc3)=C(N3CCOCC3)C2=O)c1. The summed E-state index contributed by atoms with van der Waals surface area (Å²) in [7, 11) is 3.06. The van der Waals surface area contributed by atoms with Crippen LogP contribution in [0.3, 0.4) is 0 Å². The summed E-state index contributed by atoms with van der Waals surface area (Å²) in [6, 6.07) is 12.7. The molecular formula is C23H24N2O5. The molecule has 7 heteroatoms. The highest BCUT2D eigenvalue weighted by Crippen LogP contribution is 2.37. The third-order valence-corrected chi connectivity index (χ3v) is 5.32. The molecule has 1 fully saturated rings. The van der Waals surface area contributed by atoms with Crippen LogP contribution in [0.2, 0.25) is 0 Å². The second-order valence-corrected chi connectivity index (χ2v) is 7.21. The number of carbonyl (C=O) groups excluding carboxylic acids is 2. The van der Waals surface area contributed by atoms with E-state index < -0.39 is 0 Å². The van der Waals surface area contributed by atoms with Crippen LogP contribution < -0.4 is 14.4 Å². The molecule has 0 unspecified atom stereocenters. The first-order valence-corrected chi connectivity index (χ1v) is 9.79. The fraction of sp³-hybridized carbons (Fsp3) is 0.304. The first-order valence-electron chi connectivity index (χ1n) is 9.79. The molecule has 2 aromatic rings. The van der Waals surface area contributed by atoms with Crippen molar-refractivity contribution in [1.29, 1.82) is 0 Å². The lowest BCUT2D eigenvalue weighted by Crippen LogP contribution is -2.40. The highest BCUT2D eigenvalue weighted by molar-refractivity contribution is 6.45. The van der Waals surface area contributed by atoms with E-state index in [2.05, 4.69) is 0 Å². The molecule has 2 aliphatic heterocycles. The summed E-state index contributed by atoms with van der Waals surface area (Å²) < 4.78 is 16.1. The molecule has 2 amide bonds. The fourth-order valence-corrected chi connectivity index (χ4v) is 3.73. The number of morpholine rings is 1. The van der Waals surface area contributed by atoms with Gasteiger partial charge in [0.05, 0.1) is 38.7 Å². The van der Waals surface area contributed by atoms with Crippen molar-refractivity contribution in [1.82, 2.24) is 4.90 Å². The van der Waals surface area contributed by atoms with E-state index in [1.54, 1.807) is 18.2 Å². The zero-order valence-corrected chi connectivity index (χ0v) is 17.3. The van der Waals surface area contributed by atoms with Crippen molar-refractivity contribution in [3.63, 3.8) is 0 Å². The van der Waals surface area contributed by atoms with Gasteiger partial charge >= 0.3 is 0 Å². The van der Waals surface area contributed by atoms with Gasteiger partial charge in [-0.1, -0.05) is 29.8 Å². The van der Waals surface area contributed by atoms with E-state index in [9.17, 15) is 9.59 Å². The minimum Gasteiger partial charge on any atom is -0.497 e. The van der Waals surface area contributed by atoms with Crippen LogP contribution in [-0.4, -0.2) is 57.2 Å². The molecule has 2 heterocycles. The number of ether oxygens (including phenoxy) is 3. The zero-order valence-electron chi connectivity index (χ0n) is 17.3. The van der Waals surface area contributed by atoms with Gasteiger partial charge in [-0.15, -0.1) is 0 Å². The van der Waals surface area contributed by atoms with E-state index >= 15 is 0 Å². The third-order valence-electron chi connectivity index (χ3n) is 5.32. The molecule has 0 spiro atoms. The average molecular weight is 408 g/mol. The zero-order chi connectivity index (χ0) is 21.3. The first-order chi connectivity index (χ1) is 14.5. The number of anilines is 1. The minimum absolute atomic E-state index is 0.354. The second kappa shape index (κ2) is 8.20. The molecule has 1 saturated heterocycles. The molecule has 0 bridgehead atoms. The van der Waals surface area contributed by atoms with E-state index in [1.807, 2.05) is 36.1 Å². The standard InChI is InChI=1S/C23H24N2O5/c1-15-4-6-16(7-5-15)20-21(24-8-10-30-11-9-24)23(27)25(22(20)26)17-12-18(28-2)14-19(13-17)29-3/h4-7,12-14H,8-11H2,1-3H3. The number of amides is 2. The molecule has 0 N–H and O–H groups in total. The quantitative estimate of drug-likeness (QED) is 0.709. The Kier molecular flexibility index (Phi) is 5.46. The molecular weight excluding hydrogens is 384 g/mol. The predicted molar refractivity (Wildman–Crippen MR) is 113 cm³/mol. The van der Waals surface area contributed by atoms with Crippen molar-refractivity contribution >= 4 is 23.1 Å². The Balaban J connectivity index is 1.83. The van der Waals surface area contributed by atoms with Crippen molar-refractivity contribution in [3.05, 3.63) is 59.3 Å². The predicted octanol–water partition coefficient (Wildman–Crippen LogP) is 2.63. The molecule has 0 aromatic heterocycles. The van der Waals surface area contributed by atoms with Crippen LogP contribution in [-0.2, 0) is 14.3 Å². The van der Waals surface area contributed by atoms with Gasteiger partial charge in [0.25, 0.3) is 11.8 Å². The Morgan fingerprint density at radius 3 is 2.03 bits per heavy atom. The molecule has 0 saturated carbocycles. The van der Waals surface area contributed by atoms with Gasteiger partial charge in [0.2, 0.25) is 0 Å². The summed E-state index contributed by atoms with van der Waals surface area (Å²) in [6.07, 6.45) is 0. The van der Waals surface area contributed by atoms with E-state index in [0.29, 0.717) is 54.8 Å². The Morgan fingerprint density at radius 1 is 0.867 bits per heavy atom. The Bertz CT molecular complexity index is 985. The van der Waals surface area contributed by atoms with Gasteiger partial charge in [0, 0.05) is 31.3 Å². The van der Waals surface area contributed by atoms with Crippen LogP contribution in [0.5, 0.6) is 11.5 Å². The number of hydrogen-bond donors (Lipinski definition) is 0. The van der Waals surface area contributed by atoms with Crippen LogP contribution in [0, 0.1) is 6.92 Å². The molecule has 30 heavy (non-hydrogen) atoms. The molecule has 0 atom stereocenters. The molecule has 2 aromatic carbocycles. The second-order valence-electron chi connectivity index (χ2n) is 7.21. The van der Waals surface area contributed by atoms with Crippen molar-refractivity contribution < 1.29 is 23.8 Å². The topological polar surface area (TPSA) is 68.3 Å². The summed E-state index contributed by atoms with van der Waals surface area (Å²) in [5.41, 5.74) is 3.03. The van der Waals surface area contributed by atoms with Crippen molar-refractivity contribution in [2.24, 2.45) is 0 Å². The number of benzene rings is 2. The van der Waals surface area contributed by atoms with Crippen molar-refractivity contribution in [2.75, 3.05) is 45.4 Å². The van der Waals surface area contributed by atoms with Gasteiger partial charge in [0.1, 0.15) is 17.2 Å². The average Bonchev–Trinajstić information content (AvgIpc) is 3.04. The number of hydrogen-bond acceptors (Lipinski definition) is 6. The summed E-state index contributed by atoms with van der Waals surface area (Å²) in [6.45, 7) is 4.12. The first kappa shape index (κ1) is 20.0. The number of aryl methyl sites for hydroxylation is 1. The Morgan fingerprint density at radius 2 is 1.47 bits per heavy atom. The molecule has 2 aliphatic rings. The molecule has 156 valence electrons. The van der Waals surface area contributed by atoms with Gasteiger partial charge in [-0.25, -0.2) is 4.90 Å². The molecule has 0 radical (unpaired) electrons. The number of methoxy groups -OCH3 is 2. The van der Waals surface area contributed by atoms with Crippen LogP contribution in [0.1, 0.15) is 11.1 Å². The number of carbonyl (C=O) groups is 2. The van der Waals surface area contributed by atoms with Gasteiger partial charge in [-0.05, 0) is 12.5 Å².